The third-order valence-electron chi connectivity index (χ3n) is 3.25. The van der Waals surface area contributed by atoms with Crippen molar-refractivity contribution >= 4 is 27.5 Å². The van der Waals surface area contributed by atoms with Gasteiger partial charge in [0.1, 0.15) is 10.7 Å². The van der Waals surface area contributed by atoms with E-state index in [2.05, 4.69) is 0 Å². The first-order valence-corrected chi connectivity index (χ1v) is 8.76. The minimum atomic E-state index is -3.84. The summed E-state index contributed by atoms with van der Waals surface area (Å²) in [6.07, 6.45) is 0. The van der Waals surface area contributed by atoms with Gasteiger partial charge in [0.05, 0.1) is 0 Å². The summed E-state index contributed by atoms with van der Waals surface area (Å²) in [5.41, 5.74) is 6.16. The van der Waals surface area contributed by atoms with E-state index in [4.69, 9.17) is 5.73 Å². The first-order valence-electron chi connectivity index (χ1n) is 6.33. The van der Waals surface area contributed by atoms with Gasteiger partial charge in [-0.15, -0.1) is 0 Å². The summed E-state index contributed by atoms with van der Waals surface area (Å²) in [7, 11) is -3.84. The van der Waals surface area contributed by atoms with Crippen molar-refractivity contribution in [2.45, 2.75) is 30.4 Å². The monoisotopic (exact) mass is 318 g/mol. The van der Waals surface area contributed by atoms with Gasteiger partial charge in [0, 0.05) is 29.3 Å². The minimum absolute atomic E-state index is 0.169. The Balaban J connectivity index is 2.46. The van der Waals surface area contributed by atoms with Gasteiger partial charge in [-0.05, 0) is 38.5 Å². The molecule has 0 bridgehead atoms. The number of nitrogens with two attached hydrogens (primary N) is 1. The van der Waals surface area contributed by atoms with E-state index in [0.29, 0.717) is 18.8 Å². The topological polar surface area (TPSA) is 63.4 Å². The van der Waals surface area contributed by atoms with Crippen molar-refractivity contribution in [2.75, 3.05) is 24.6 Å². The average molecular weight is 318 g/mol. The highest BCUT2D eigenvalue weighted by Gasteiger charge is 2.36. The summed E-state index contributed by atoms with van der Waals surface area (Å²) < 4.78 is 40.6. The molecule has 0 unspecified atom stereocenters. The summed E-state index contributed by atoms with van der Waals surface area (Å²) in [5, 5.41) is 0. The fourth-order valence-electron chi connectivity index (χ4n) is 2.27. The van der Waals surface area contributed by atoms with Crippen LogP contribution < -0.4 is 5.73 Å². The van der Waals surface area contributed by atoms with Crippen LogP contribution in [0.25, 0.3) is 0 Å². The maximum absolute atomic E-state index is 14.2. The molecule has 0 aromatic heterocycles. The molecule has 0 amide bonds. The van der Waals surface area contributed by atoms with Crippen molar-refractivity contribution in [1.82, 2.24) is 4.31 Å². The van der Waals surface area contributed by atoms with Crippen LogP contribution in [0, 0.1) is 12.7 Å². The number of hydrogen-bond donors (Lipinski definition) is 1. The third kappa shape index (κ3) is 2.94. The molecular weight excluding hydrogens is 299 g/mol. The van der Waals surface area contributed by atoms with Gasteiger partial charge in [-0.2, -0.15) is 16.1 Å². The quantitative estimate of drug-likeness (QED) is 0.849. The van der Waals surface area contributed by atoms with E-state index in [0.717, 1.165) is 0 Å². The van der Waals surface area contributed by atoms with Gasteiger partial charge in [0.15, 0.2) is 0 Å². The van der Waals surface area contributed by atoms with E-state index in [1.165, 1.54) is 23.4 Å². The molecular formula is C13H19FN2O2S2. The lowest BCUT2D eigenvalue weighted by molar-refractivity contribution is 0.385. The minimum Gasteiger partial charge on any atom is -0.399 e. The highest BCUT2D eigenvalue weighted by molar-refractivity contribution is 8.00. The molecule has 1 aliphatic heterocycles. The molecule has 1 aromatic carbocycles. The number of anilines is 1. The molecule has 20 heavy (non-hydrogen) atoms. The van der Waals surface area contributed by atoms with Gasteiger partial charge >= 0.3 is 0 Å². The molecule has 4 nitrogen and oxygen atoms in total. The molecule has 1 heterocycles. The Labute approximate surface area is 123 Å². The third-order valence-corrected chi connectivity index (χ3v) is 6.39. The predicted molar refractivity (Wildman–Crippen MR) is 80.8 cm³/mol. The number of thioether (sulfide) groups is 1. The van der Waals surface area contributed by atoms with Crippen LogP contribution >= 0.6 is 11.8 Å². The normalized spacial score (nSPS) is 20.0. The SMILES string of the molecule is Cc1cc(N)cc(S(=O)(=O)N2CCSC(C)(C)C2)c1F. The largest absolute Gasteiger partial charge is 0.399 e. The number of nitrogens with zero attached hydrogens (tertiary/aromatic N) is 1. The van der Waals surface area contributed by atoms with E-state index in [-0.39, 0.29) is 20.9 Å². The Morgan fingerprint density at radius 1 is 1.40 bits per heavy atom. The van der Waals surface area contributed by atoms with Crippen LogP contribution in [0.4, 0.5) is 10.1 Å². The Bertz CT molecular complexity index is 630. The Morgan fingerprint density at radius 3 is 2.65 bits per heavy atom. The molecule has 0 spiro atoms. The highest BCUT2D eigenvalue weighted by atomic mass is 32.2. The highest BCUT2D eigenvalue weighted by Crippen LogP contribution is 2.33. The van der Waals surface area contributed by atoms with Gasteiger partial charge in [-0.3, -0.25) is 0 Å². The maximum atomic E-state index is 14.2. The molecule has 0 atom stereocenters. The molecule has 1 aliphatic rings. The summed E-state index contributed by atoms with van der Waals surface area (Å²) in [5.74, 6) is -0.00923. The van der Waals surface area contributed by atoms with Crippen molar-refractivity contribution in [1.29, 1.82) is 0 Å². The molecule has 1 fully saturated rings. The van der Waals surface area contributed by atoms with Crippen molar-refractivity contribution < 1.29 is 12.8 Å². The van der Waals surface area contributed by atoms with Gasteiger partial charge < -0.3 is 5.73 Å². The van der Waals surface area contributed by atoms with Gasteiger partial charge in [0.2, 0.25) is 10.0 Å². The lowest BCUT2D eigenvalue weighted by Gasteiger charge is -2.36. The maximum Gasteiger partial charge on any atom is 0.246 e. The van der Waals surface area contributed by atoms with Crippen molar-refractivity contribution in [3.8, 4) is 0 Å². The molecule has 112 valence electrons. The standard InChI is InChI=1S/C13H19FN2O2S2/c1-9-6-10(15)7-11(12(9)14)20(17,18)16-4-5-19-13(2,3)8-16/h6-7H,4-5,8,15H2,1-3H3. The van der Waals surface area contributed by atoms with Crippen molar-refractivity contribution in [2.24, 2.45) is 0 Å². The van der Waals surface area contributed by atoms with Crippen LogP contribution in [0.5, 0.6) is 0 Å². The van der Waals surface area contributed by atoms with Crippen LogP contribution in [0.3, 0.4) is 0 Å². The zero-order valence-electron chi connectivity index (χ0n) is 11.8. The Morgan fingerprint density at radius 2 is 2.05 bits per heavy atom. The fraction of sp³-hybridized carbons (Fsp3) is 0.538. The number of sulfonamides is 1. The second kappa shape index (κ2) is 5.20. The fourth-order valence-corrected chi connectivity index (χ4v) is 5.35. The average Bonchev–Trinajstić information content (AvgIpc) is 2.32. The van der Waals surface area contributed by atoms with E-state index in [9.17, 15) is 12.8 Å². The van der Waals surface area contributed by atoms with Crippen LogP contribution in [0.1, 0.15) is 19.4 Å². The van der Waals surface area contributed by atoms with Crippen molar-refractivity contribution in [3.05, 3.63) is 23.5 Å². The van der Waals surface area contributed by atoms with Gasteiger partial charge in [-0.25, -0.2) is 12.8 Å². The smallest absolute Gasteiger partial charge is 0.246 e. The van der Waals surface area contributed by atoms with E-state index in [1.807, 2.05) is 13.8 Å². The summed E-state index contributed by atoms with van der Waals surface area (Å²) in [4.78, 5) is -0.322. The number of hydrogen-bond acceptors (Lipinski definition) is 4. The zero-order chi connectivity index (χ0) is 15.1. The van der Waals surface area contributed by atoms with Crippen molar-refractivity contribution in [3.63, 3.8) is 0 Å². The van der Waals surface area contributed by atoms with Gasteiger partial charge in [0.25, 0.3) is 0 Å². The summed E-state index contributed by atoms with van der Waals surface area (Å²) in [6.45, 7) is 6.25. The number of rotatable bonds is 2. The first kappa shape index (κ1) is 15.6. The van der Waals surface area contributed by atoms with E-state index >= 15 is 0 Å². The number of aryl methyl sites for hydroxylation is 1. The van der Waals surface area contributed by atoms with Crippen LogP contribution in [0.15, 0.2) is 17.0 Å². The van der Waals surface area contributed by atoms with Gasteiger partial charge in [-0.1, -0.05) is 0 Å². The first-order chi connectivity index (χ1) is 9.13. The molecule has 1 aromatic rings. The number of benzene rings is 1. The van der Waals surface area contributed by atoms with E-state index < -0.39 is 15.8 Å². The Hall–Kier alpha value is -0.790. The summed E-state index contributed by atoms with van der Waals surface area (Å²) in [6, 6.07) is 2.64. The summed E-state index contributed by atoms with van der Waals surface area (Å²) >= 11 is 1.72. The number of halogens is 1. The lowest BCUT2D eigenvalue weighted by atomic mass is 10.2. The number of nitrogen functional groups attached to an aromatic ring is 1. The second-order valence-electron chi connectivity index (χ2n) is 5.60. The lowest BCUT2D eigenvalue weighted by Crippen LogP contribution is -2.46. The Kier molecular flexibility index (Phi) is 4.05. The van der Waals surface area contributed by atoms with Crippen LogP contribution in [-0.4, -0.2) is 36.3 Å². The molecule has 0 saturated carbocycles. The van der Waals surface area contributed by atoms with Crippen LogP contribution in [0.2, 0.25) is 0 Å². The molecule has 0 aliphatic carbocycles. The van der Waals surface area contributed by atoms with Crippen LogP contribution in [-0.2, 0) is 10.0 Å². The molecule has 2 rings (SSSR count). The zero-order valence-corrected chi connectivity index (χ0v) is 13.4. The molecule has 7 heteroatoms. The second-order valence-corrected chi connectivity index (χ2v) is 9.31. The predicted octanol–water partition coefficient (Wildman–Crippen LogP) is 2.23. The molecule has 1 saturated heterocycles. The van der Waals surface area contributed by atoms with E-state index in [1.54, 1.807) is 11.8 Å². The molecule has 0 radical (unpaired) electrons. The molecule has 2 N–H and O–H groups in total.